The van der Waals surface area contributed by atoms with Gasteiger partial charge in [0.25, 0.3) is 0 Å². The van der Waals surface area contributed by atoms with E-state index in [-0.39, 0.29) is 6.10 Å². The molecule has 4 aliphatic carbocycles. The summed E-state index contributed by atoms with van der Waals surface area (Å²) >= 11 is 6.07. The van der Waals surface area contributed by atoms with Gasteiger partial charge in [0, 0.05) is 23.8 Å². The van der Waals surface area contributed by atoms with Gasteiger partial charge in [-0.1, -0.05) is 35.9 Å². The number of aryl methyl sites for hydroxylation is 1. The fourth-order valence-electron chi connectivity index (χ4n) is 8.19. The van der Waals surface area contributed by atoms with Crippen LogP contribution in [0.15, 0.2) is 67.3 Å². The molecule has 4 saturated carbocycles. The van der Waals surface area contributed by atoms with E-state index in [0.717, 1.165) is 41.4 Å². The third kappa shape index (κ3) is 5.01. The summed E-state index contributed by atoms with van der Waals surface area (Å²) in [4.78, 5) is 4.20. The normalized spacial score (nSPS) is 33.6. The van der Waals surface area contributed by atoms with Crippen molar-refractivity contribution in [3.8, 4) is 5.75 Å². The van der Waals surface area contributed by atoms with Crippen molar-refractivity contribution >= 4 is 11.6 Å². The Morgan fingerprint density at radius 1 is 0.947 bits per heavy atom. The van der Waals surface area contributed by atoms with Gasteiger partial charge in [-0.05, 0) is 104 Å². The summed E-state index contributed by atoms with van der Waals surface area (Å²) < 4.78 is 21.1. The molecule has 2 atom stereocenters. The van der Waals surface area contributed by atoms with Crippen molar-refractivity contribution in [2.75, 3.05) is 13.2 Å². The zero-order valence-electron chi connectivity index (χ0n) is 21.9. The second-order valence-corrected chi connectivity index (χ2v) is 12.8. The van der Waals surface area contributed by atoms with Gasteiger partial charge in [0.05, 0.1) is 19.5 Å². The van der Waals surface area contributed by atoms with Gasteiger partial charge in [-0.3, -0.25) is 0 Å². The van der Waals surface area contributed by atoms with Crippen LogP contribution in [0, 0.1) is 17.8 Å². The summed E-state index contributed by atoms with van der Waals surface area (Å²) in [5.74, 6) is 3.07. The molecule has 2 aromatic carbocycles. The number of aromatic nitrogens is 2. The van der Waals surface area contributed by atoms with E-state index >= 15 is 0 Å². The maximum atomic E-state index is 6.56. The number of halogens is 1. The lowest BCUT2D eigenvalue weighted by Crippen LogP contribution is -2.48. The summed E-state index contributed by atoms with van der Waals surface area (Å²) in [5.41, 5.74) is 3.17. The molecule has 1 aromatic heterocycles. The first-order chi connectivity index (χ1) is 18.5. The molecule has 1 aliphatic heterocycles. The molecular formula is C32H37ClN2O3. The lowest BCUT2D eigenvalue weighted by molar-refractivity contribution is -0.184. The number of imidazole rings is 1. The topological polar surface area (TPSA) is 45.5 Å². The van der Waals surface area contributed by atoms with Crippen LogP contribution in [0.1, 0.15) is 56.1 Å². The van der Waals surface area contributed by atoms with E-state index in [2.05, 4.69) is 41.4 Å². The van der Waals surface area contributed by atoms with E-state index in [4.69, 9.17) is 25.8 Å². The number of rotatable bonds is 9. The van der Waals surface area contributed by atoms with Crippen LogP contribution in [-0.2, 0) is 27.9 Å². The third-order valence-electron chi connectivity index (χ3n) is 9.55. The summed E-state index contributed by atoms with van der Waals surface area (Å²) in [6, 6.07) is 17.0. The number of nitrogens with zero attached hydrogens (tertiary/aromatic N) is 2. The Morgan fingerprint density at radius 2 is 1.66 bits per heavy atom. The molecule has 6 heteroatoms. The molecule has 0 spiro atoms. The quantitative estimate of drug-likeness (QED) is 0.303. The van der Waals surface area contributed by atoms with Crippen molar-refractivity contribution < 1.29 is 14.2 Å². The SMILES string of the molecule is Clc1ccc(CC[C@@]2(Cn3ccnc3)OC[C@@H](COc3ccc(C45CC6CC(CC(C6)C4)C5)cc3)O2)cc1. The molecule has 5 fully saturated rings. The zero-order valence-corrected chi connectivity index (χ0v) is 22.7. The molecule has 2 heterocycles. The summed E-state index contributed by atoms with van der Waals surface area (Å²) in [5, 5.41) is 0.749. The minimum atomic E-state index is -0.712. The Kier molecular flexibility index (Phi) is 6.50. The molecule has 5 aliphatic rings. The van der Waals surface area contributed by atoms with Crippen molar-refractivity contribution in [2.24, 2.45) is 17.8 Å². The summed E-state index contributed by atoms with van der Waals surface area (Å²) in [7, 11) is 0. The number of hydrogen-bond donors (Lipinski definition) is 0. The summed E-state index contributed by atoms with van der Waals surface area (Å²) in [6.07, 6.45) is 15.6. The average molecular weight is 533 g/mol. The van der Waals surface area contributed by atoms with Gasteiger partial charge < -0.3 is 18.8 Å². The van der Waals surface area contributed by atoms with Crippen LogP contribution < -0.4 is 4.74 Å². The van der Waals surface area contributed by atoms with Crippen molar-refractivity contribution in [3.05, 3.63) is 83.4 Å². The standard InChI is InChI=1S/C32H37ClN2O3/c33-28-5-1-23(2-6-28)9-10-32(21-35-12-11-34-22-35)37-20-30(38-32)19-36-29-7-3-27(4-8-29)31-16-24-13-25(17-31)15-26(14-24)18-31/h1-8,11-12,22,24-26,30H,9-10,13-21H2/t24?,25?,26?,30-,31?,32-/m1/s1. The van der Waals surface area contributed by atoms with Gasteiger partial charge >= 0.3 is 0 Å². The Bertz CT molecular complexity index is 1190. The van der Waals surface area contributed by atoms with Crippen molar-refractivity contribution in [2.45, 2.75) is 75.2 Å². The van der Waals surface area contributed by atoms with Gasteiger partial charge in [-0.25, -0.2) is 4.98 Å². The van der Waals surface area contributed by atoms with E-state index in [0.29, 0.717) is 25.2 Å². The van der Waals surface area contributed by atoms with Gasteiger partial charge in [0.1, 0.15) is 18.5 Å². The smallest absolute Gasteiger partial charge is 0.187 e. The van der Waals surface area contributed by atoms with Crippen molar-refractivity contribution in [3.63, 3.8) is 0 Å². The number of benzene rings is 2. The van der Waals surface area contributed by atoms with E-state index in [9.17, 15) is 0 Å². The fourth-order valence-corrected chi connectivity index (χ4v) is 8.32. The molecule has 4 bridgehead atoms. The highest BCUT2D eigenvalue weighted by Crippen LogP contribution is 2.60. The number of ether oxygens (including phenoxy) is 3. The molecule has 200 valence electrons. The molecular weight excluding hydrogens is 496 g/mol. The third-order valence-corrected chi connectivity index (χ3v) is 9.80. The lowest BCUT2D eigenvalue weighted by Gasteiger charge is -2.57. The van der Waals surface area contributed by atoms with Crippen LogP contribution in [-0.4, -0.2) is 34.7 Å². The molecule has 1 saturated heterocycles. The molecule has 3 aromatic rings. The van der Waals surface area contributed by atoms with E-state index in [1.807, 2.05) is 29.2 Å². The first kappa shape index (κ1) is 24.7. The zero-order chi connectivity index (χ0) is 25.6. The van der Waals surface area contributed by atoms with Gasteiger partial charge in [0.2, 0.25) is 0 Å². The average Bonchev–Trinajstić information content (AvgIpc) is 3.57. The van der Waals surface area contributed by atoms with Crippen molar-refractivity contribution in [1.82, 2.24) is 9.55 Å². The summed E-state index contributed by atoms with van der Waals surface area (Å²) in [6.45, 7) is 1.58. The maximum absolute atomic E-state index is 6.56. The van der Waals surface area contributed by atoms with E-state index in [1.165, 1.54) is 49.7 Å². The molecule has 8 rings (SSSR count). The predicted octanol–water partition coefficient (Wildman–Crippen LogP) is 6.83. The Hall–Kier alpha value is -2.34. The van der Waals surface area contributed by atoms with Crippen LogP contribution in [0.25, 0.3) is 0 Å². The van der Waals surface area contributed by atoms with E-state index < -0.39 is 5.79 Å². The van der Waals surface area contributed by atoms with Crippen LogP contribution in [0.4, 0.5) is 0 Å². The molecule has 5 nitrogen and oxygen atoms in total. The minimum Gasteiger partial charge on any atom is -0.491 e. The predicted molar refractivity (Wildman–Crippen MR) is 147 cm³/mol. The molecule has 38 heavy (non-hydrogen) atoms. The Morgan fingerprint density at radius 3 is 2.32 bits per heavy atom. The Balaban J connectivity index is 0.983. The maximum Gasteiger partial charge on any atom is 0.187 e. The fraction of sp³-hybridized carbons (Fsp3) is 0.531. The van der Waals surface area contributed by atoms with Crippen LogP contribution >= 0.6 is 11.6 Å². The molecule has 0 N–H and O–H groups in total. The van der Waals surface area contributed by atoms with Crippen LogP contribution in [0.5, 0.6) is 5.75 Å². The van der Waals surface area contributed by atoms with Crippen LogP contribution in [0.3, 0.4) is 0 Å². The van der Waals surface area contributed by atoms with Crippen molar-refractivity contribution in [1.29, 1.82) is 0 Å². The first-order valence-electron chi connectivity index (χ1n) is 14.3. The van der Waals surface area contributed by atoms with Gasteiger partial charge in [-0.2, -0.15) is 0 Å². The highest BCUT2D eigenvalue weighted by Gasteiger charge is 2.51. The molecule has 0 amide bonds. The minimum absolute atomic E-state index is 0.119. The van der Waals surface area contributed by atoms with Gasteiger partial charge in [-0.15, -0.1) is 0 Å². The van der Waals surface area contributed by atoms with E-state index in [1.54, 1.807) is 6.20 Å². The van der Waals surface area contributed by atoms with Gasteiger partial charge in [0.15, 0.2) is 5.79 Å². The lowest BCUT2D eigenvalue weighted by atomic mass is 9.48. The van der Waals surface area contributed by atoms with Crippen LogP contribution in [0.2, 0.25) is 5.02 Å². The largest absolute Gasteiger partial charge is 0.491 e. The monoisotopic (exact) mass is 532 g/mol. The second kappa shape index (κ2) is 10.0. The molecule has 0 unspecified atom stereocenters. The first-order valence-corrected chi connectivity index (χ1v) is 14.7. The Labute approximate surface area is 230 Å². The molecule has 0 radical (unpaired) electrons. The second-order valence-electron chi connectivity index (χ2n) is 12.4. The highest BCUT2D eigenvalue weighted by molar-refractivity contribution is 6.30. The number of hydrogen-bond acceptors (Lipinski definition) is 4. The highest BCUT2D eigenvalue weighted by atomic mass is 35.5.